The van der Waals surface area contributed by atoms with Gasteiger partial charge in [-0.25, -0.2) is 0 Å². The summed E-state index contributed by atoms with van der Waals surface area (Å²) in [6.07, 6.45) is 0. The first-order valence-corrected chi connectivity index (χ1v) is 18.8. The van der Waals surface area contributed by atoms with Crippen molar-refractivity contribution in [1.82, 2.24) is 0 Å². The van der Waals surface area contributed by atoms with Crippen LogP contribution in [0.15, 0.2) is 211 Å². The lowest BCUT2D eigenvalue weighted by Crippen LogP contribution is -2.34. The Morgan fingerprint density at radius 3 is 1.67 bits per heavy atom. The van der Waals surface area contributed by atoms with Crippen LogP contribution >= 0.6 is 0 Å². The van der Waals surface area contributed by atoms with Crippen LogP contribution in [0.4, 0.5) is 0 Å². The van der Waals surface area contributed by atoms with Gasteiger partial charge in [0.05, 0.1) is 5.41 Å². The topological polar surface area (TPSA) is 22.4 Å². The van der Waals surface area contributed by atoms with Gasteiger partial charge in [-0.05, 0) is 79.5 Å². The maximum Gasteiger partial charge on any atom is 0.136 e. The molecular weight excluding hydrogens is 669 g/mol. The Morgan fingerprint density at radius 2 is 0.909 bits per heavy atom. The highest BCUT2D eigenvalue weighted by molar-refractivity contribution is 6.23. The maximum atomic E-state index is 6.88. The molecule has 0 saturated carbocycles. The Bertz CT molecular complexity index is 3020. The van der Waals surface area contributed by atoms with Crippen molar-refractivity contribution in [2.24, 2.45) is 0 Å². The molecule has 1 aliphatic heterocycles. The molecule has 0 bridgehead atoms. The largest absolute Gasteiger partial charge is 0.457 e. The first-order chi connectivity index (χ1) is 27.3. The molecule has 0 aliphatic carbocycles. The van der Waals surface area contributed by atoms with Gasteiger partial charge in [-0.1, -0.05) is 182 Å². The maximum absolute atomic E-state index is 6.88. The predicted octanol–water partition coefficient (Wildman–Crippen LogP) is 14.2. The number of fused-ring (bicyclic) bond motifs is 7. The molecule has 0 atom stereocenters. The average molecular weight is 703 g/mol. The summed E-state index contributed by atoms with van der Waals surface area (Å²) < 4.78 is 13.4. The van der Waals surface area contributed by atoms with Crippen LogP contribution in [0, 0.1) is 0 Å². The minimum atomic E-state index is -0.562. The van der Waals surface area contributed by atoms with Crippen molar-refractivity contribution in [2.45, 2.75) is 5.41 Å². The molecule has 0 saturated heterocycles. The molecular formula is C53H34O2. The van der Waals surface area contributed by atoms with Gasteiger partial charge < -0.3 is 9.15 Å². The van der Waals surface area contributed by atoms with E-state index in [9.17, 15) is 0 Å². The highest BCUT2D eigenvalue weighted by Crippen LogP contribution is 2.56. The second-order valence-electron chi connectivity index (χ2n) is 14.3. The molecule has 55 heavy (non-hydrogen) atoms. The van der Waals surface area contributed by atoms with Crippen LogP contribution in [-0.4, -0.2) is 0 Å². The van der Waals surface area contributed by atoms with Crippen molar-refractivity contribution in [2.75, 3.05) is 0 Å². The van der Waals surface area contributed by atoms with Crippen LogP contribution in [0.2, 0.25) is 0 Å². The summed E-state index contributed by atoms with van der Waals surface area (Å²) in [5.41, 5.74) is 12.7. The molecule has 0 unspecified atom stereocenters. The van der Waals surface area contributed by atoms with Gasteiger partial charge in [0.15, 0.2) is 0 Å². The van der Waals surface area contributed by atoms with E-state index in [0.29, 0.717) is 0 Å². The Kier molecular flexibility index (Phi) is 7.11. The zero-order chi connectivity index (χ0) is 36.3. The standard InChI is InChI=1S/C53H34O2/c1-3-17-37(18-4-1)53(38-19-5-2-6-20-38)45-27-13-14-28-47(45)54-50-34-36(30-32-46(50)53)39-21-9-10-23-41(39)42-24-11-12-25-43(42)44-26-15-29-48-52(44)51-40-22-8-7-16-35(40)31-33-49(51)55-48/h1-34H. The van der Waals surface area contributed by atoms with E-state index in [-0.39, 0.29) is 0 Å². The average Bonchev–Trinajstić information content (AvgIpc) is 3.66. The van der Waals surface area contributed by atoms with E-state index in [1.165, 1.54) is 21.9 Å². The number of rotatable bonds is 5. The minimum Gasteiger partial charge on any atom is -0.457 e. The molecule has 0 spiro atoms. The predicted molar refractivity (Wildman–Crippen MR) is 226 cm³/mol. The molecule has 2 nitrogen and oxygen atoms in total. The van der Waals surface area contributed by atoms with Crippen molar-refractivity contribution in [3.05, 3.63) is 229 Å². The molecule has 10 aromatic rings. The number of para-hydroxylation sites is 1. The molecule has 0 radical (unpaired) electrons. The van der Waals surface area contributed by atoms with Gasteiger partial charge in [0.2, 0.25) is 0 Å². The molecule has 0 N–H and O–H groups in total. The zero-order valence-electron chi connectivity index (χ0n) is 29.9. The summed E-state index contributed by atoms with van der Waals surface area (Å²) in [6, 6.07) is 73.7. The summed E-state index contributed by atoms with van der Waals surface area (Å²) >= 11 is 0. The van der Waals surface area contributed by atoms with E-state index in [0.717, 1.165) is 77.9 Å². The SMILES string of the molecule is c1ccc(C2(c3ccccc3)c3ccccc3Oc3cc(-c4ccccc4-c4ccccc4-c4cccc5oc6ccc7ccccc7c6c45)ccc32)cc1. The van der Waals surface area contributed by atoms with Gasteiger partial charge in [-0.15, -0.1) is 0 Å². The number of hydrogen-bond acceptors (Lipinski definition) is 2. The fourth-order valence-corrected chi connectivity index (χ4v) is 9.11. The molecule has 258 valence electrons. The molecule has 0 amide bonds. The third-order valence-corrected chi connectivity index (χ3v) is 11.4. The normalized spacial score (nSPS) is 13.0. The fourth-order valence-electron chi connectivity index (χ4n) is 9.11. The smallest absolute Gasteiger partial charge is 0.136 e. The molecule has 1 aliphatic rings. The summed E-state index contributed by atoms with van der Waals surface area (Å²) in [4.78, 5) is 0. The van der Waals surface area contributed by atoms with Crippen molar-refractivity contribution in [3.63, 3.8) is 0 Å². The highest BCUT2D eigenvalue weighted by atomic mass is 16.5. The van der Waals surface area contributed by atoms with Crippen LogP contribution in [0.25, 0.3) is 66.1 Å². The summed E-state index contributed by atoms with van der Waals surface area (Å²) in [7, 11) is 0. The van der Waals surface area contributed by atoms with Crippen LogP contribution in [-0.2, 0) is 5.41 Å². The van der Waals surface area contributed by atoms with Gasteiger partial charge in [-0.3, -0.25) is 0 Å². The van der Waals surface area contributed by atoms with Crippen molar-refractivity contribution in [3.8, 4) is 44.9 Å². The molecule has 2 heterocycles. The van der Waals surface area contributed by atoms with Crippen LogP contribution in [0.3, 0.4) is 0 Å². The van der Waals surface area contributed by atoms with E-state index >= 15 is 0 Å². The summed E-state index contributed by atoms with van der Waals surface area (Å²) in [5.74, 6) is 1.72. The van der Waals surface area contributed by atoms with E-state index in [4.69, 9.17) is 9.15 Å². The first-order valence-electron chi connectivity index (χ1n) is 18.8. The number of benzene rings is 9. The van der Waals surface area contributed by atoms with Crippen LogP contribution < -0.4 is 4.74 Å². The van der Waals surface area contributed by atoms with Gasteiger partial charge >= 0.3 is 0 Å². The molecule has 0 fully saturated rings. The van der Waals surface area contributed by atoms with E-state index in [1.54, 1.807) is 0 Å². The molecule has 2 heteroatoms. The van der Waals surface area contributed by atoms with Gasteiger partial charge in [0.1, 0.15) is 22.7 Å². The lowest BCUT2D eigenvalue weighted by atomic mass is 9.63. The van der Waals surface area contributed by atoms with E-state index in [1.807, 2.05) is 0 Å². The lowest BCUT2D eigenvalue weighted by molar-refractivity contribution is 0.435. The zero-order valence-corrected chi connectivity index (χ0v) is 29.9. The molecule has 9 aromatic carbocycles. The monoisotopic (exact) mass is 702 g/mol. The number of hydrogen-bond donors (Lipinski definition) is 0. The number of ether oxygens (including phenoxy) is 1. The van der Waals surface area contributed by atoms with Crippen molar-refractivity contribution < 1.29 is 9.15 Å². The van der Waals surface area contributed by atoms with Gasteiger partial charge in [-0.2, -0.15) is 0 Å². The third kappa shape index (κ3) is 4.75. The van der Waals surface area contributed by atoms with Gasteiger partial charge in [0.25, 0.3) is 0 Å². The van der Waals surface area contributed by atoms with E-state index < -0.39 is 5.41 Å². The Hall–Kier alpha value is -7.16. The Balaban J connectivity index is 1.12. The second kappa shape index (κ2) is 12.5. The van der Waals surface area contributed by atoms with Crippen molar-refractivity contribution in [1.29, 1.82) is 0 Å². The third-order valence-electron chi connectivity index (χ3n) is 11.4. The fraction of sp³-hybridized carbons (Fsp3) is 0.0189. The van der Waals surface area contributed by atoms with Crippen LogP contribution in [0.5, 0.6) is 11.5 Å². The van der Waals surface area contributed by atoms with E-state index in [2.05, 4.69) is 206 Å². The lowest BCUT2D eigenvalue weighted by Gasteiger charge is -2.41. The summed E-state index contributed by atoms with van der Waals surface area (Å²) in [5, 5.41) is 4.69. The molecule has 11 rings (SSSR count). The molecule has 1 aromatic heterocycles. The Morgan fingerprint density at radius 1 is 0.345 bits per heavy atom. The van der Waals surface area contributed by atoms with Gasteiger partial charge in [0, 0.05) is 21.9 Å². The first kappa shape index (κ1) is 31.4. The van der Waals surface area contributed by atoms with Crippen molar-refractivity contribution >= 4 is 32.7 Å². The minimum absolute atomic E-state index is 0.562. The second-order valence-corrected chi connectivity index (χ2v) is 14.3. The van der Waals surface area contributed by atoms with Crippen LogP contribution in [0.1, 0.15) is 22.3 Å². The quantitative estimate of drug-likeness (QED) is 0.178. The summed E-state index contributed by atoms with van der Waals surface area (Å²) in [6.45, 7) is 0. The Labute approximate surface area is 319 Å². The highest BCUT2D eigenvalue weighted by Gasteiger charge is 2.45. The number of furan rings is 1.